The van der Waals surface area contributed by atoms with E-state index in [0.29, 0.717) is 47.5 Å². The molecule has 0 spiro atoms. The van der Waals surface area contributed by atoms with E-state index in [1.807, 2.05) is 17.0 Å². The van der Waals surface area contributed by atoms with Crippen molar-refractivity contribution in [1.82, 2.24) is 9.80 Å². The number of morpholine rings is 1. The van der Waals surface area contributed by atoms with Gasteiger partial charge in [-0.05, 0) is 36.2 Å². The number of fused-ring (bicyclic) bond motifs is 1. The number of carbonyl (C=O) groups excluding carboxylic acids is 1. The number of nitrogens with zero attached hydrogens (tertiary/aromatic N) is 2. The average Bonchev–Trinajstić information content (AvgIpc) is 2.76. The summed E-state index contributed by atoms with van der Waals surface area (Å²) in [5.41, 5.74) is 2.59. The highest BCUT2D eigenvalue weighted by atomic mass is 35.5. The second-order valence-corrected chi connectivity index (χ2v) is 8.20. The van der Waals surface area contributed by atoms with Crippen molar-refractivity contribution in [2.45, 2.75) is 12.6 Å². The minimum absolute atomic E-state index is 0.112. The van der Waals surface area contributed by atoms with Crippen LogP contribution in [0.25, 0.3) is 0 Å². The van der Waals surface area contributed by atoms with Gasteiger partial charge in [0.15, 0.2) is 0 Å². The van der Waals surface area contributed by atoms with Gasteiger partial charge in [-0.2, -0.15) is 0 Å². The summed E-state index contributed by atoms with van der Waals surface area (Å²) in [6.45, 7) is 3.25. The van der Waals surface area contributed by atoms with E-state index in [-0.39, 0.29) is 12.1 Å². The molecule has 0 bridgehead atoms. The number of benzene rings is 2. The van der Waals surface area contributed by atoms with Crippen LogP contribution in [-0.2, 0) is 11.2 Å². The van der Waals surface area contributed by atoms with Crippen LogP contribution in [0.5, 0.6) is 11.5 Å². The molecule has 30 heavy (non-hydrogen) atoms. The highest BCUT2D eigenvalue weighted by Gasteiger charge is 2.38. The number of methoxy groups -OCH3 is 2. The van der Waals surface area contributed by atoms with Crippen molar-refractivity contribution >= 4 is 29.1 Å². The maximum atomic E-state index is 13.6. The first-order valence-electron chi connectivity index (χ1n) is 9.85. The molecule has 1 saturated heterocycles. The number of hydrogen-bond acceptors (Lipinski definition) is 5. The summed E-state index contributed by atoms with van der Waals surface area (Å²) in [7, 11) is 3.28. The standard InChI is InChI=1S/C22H24Cl2N2O4/c1-28-18-11-14-3-4-26(22(27)15-9-16(23)12-17(24)10-15)21(20(14)19(13-18)29-2)25-5-7-30-8-6-25/h9-13,21H,3-8H2,1-2H3. The van der Waals surface area contributed by atoms with Gasteiger partial charge in [-0.25, -0.2) is 0 Å². The van der Waals surface area contributed by atoms with E-state index in [1.54, 1.807) is 32.4 Å². The lowest BCUT2D eigenvalue weighted by atomic mass is 9.93. The van der Waals surface area contributed by atoms with E-state index in [1.165, 1.54) is 0 Å². The first-order chi connectivity index (χ1) is 14.5. The fourth-order valence-electron chi connectivity index (χ4n) is 4.22. The summed E-state index contributed by atoms with van der Waals surface area (Å²) >= 11 is 12.3. The molecule has 2 aromatic carbocycles. The van der Waals surface area contributed by atoms with E-state index in [0.717, 1.165) is 30.0 Å². The maximum absolute atomic E-state index is 13.6. The van der Waals surface area contributed by atoms with E-state index in [9.17, 15) is 4.79 Å². The Labute approximate surface area is 186 Å². The number of halogens is 2. The lowest BCUT2D eigenvalue weighted by molar-refractivity contribution is -0.0322. The van der Waals surface area contributed by atoms with E-state index in [2.05, 4.69) is 4.90 Å². The van der Waals surface area contributed by atoms with Crippen molar-refractivity contribution in [3.63, 3.8) is 0 Å². The van der Waals surface area contributed by atoms with Crippen LogP contribution >= 0.6 is 23.2 Å². The molecule has 1 fully saturated rings. The zero-order valence-corrected chi connectivity index (χ0v) is 18.5. The molecule has 1 atom stereocenters. The Balaban J connectivity index is 1.80. The molecule has 2 aromatic rings. The molecule has 0 saturated carbocycles. The quantitative estimate of drug-likeness (QED) is 0.703. The molecule has 160 valence electrons. The normalized spacial score (nSPS) is 19.3. The molecule has 0 aromatic heterocycles. The molecule has 1 amide bonds. The van der Waals surface area contributed by atoms with Gasteiger partial charge in [0.1, 0.15) is 17.7 Å². The number of ether oxygens (including phenoxy) is 3. The van der Waals surface area contributed by atoms with E-state index < -0.39 is 0 Å². The predicted octanol–water partition coefficient (Wildman–Crippen LogP) is 4.04. The highest BCUT2D eigenvalue weighted by Crippen LogP contribution is 2.42. The van der Waals surface area contributed by atoms with E-state index >= 15 is 0 Å². The van der Waals surface area contributed by atoms with Gasteiger partial charge in [-0.15, -0.1) is 0 Å². The summed E-state index contributed by atoms with van der Waals surface area (Å²) in [5, 5.41) is 0.877. The summed E-state index contributed by atoms with van der Waals surface area (Å²) < 4.78 is 16.7. The minimum atomic E-state index is -0.274. The molecule has 4 rings (SSSR count). The van der Waals surface area contributed by atoms with Crippen LogP contribution in [-0.4, -0.2) is 62.8 Å². The van der Waals surface area contributed by atoms with Crippen LogP contribution in [0.2, 0.25) is 10.0 Å². The molecule has 0 N–H and O–H groups in total. The van der Waals surface area contributed by atoms with Gasteiger partial charge in [-0.1, -0.05) is 23.2 Å². The van der Waals surface area contributed by atoms with Crippen molar-refractivity contribution < 1.29 is 19.0 Å². The van der Waals surface area contributed by atoms with Gasteiger partial charge >= 0.3 is 0 Å². The van der Waals surface area contributed by atoms with Crippen LogP contribution in [0, 0.1) is 0 Å². The SMILES string of the molecule is COc1cc2c(c(OC)c1)C(N1CCOCC1)N(C(=O)c1cc(Cl)cc(Cl)c1)CC2. The van der Waals surface area contributed by atoms with Gasteiger partial charge in [-0.3, -0.25) is 9.69 Å². The summed E-state index contributed by atoms with van der Waals surface area (Å²) in [4.78, 5) is 17.7. The van der Waals surface area contributed by atoms with E-state index in [4.69, 9.17) is 37.4 Å². The van der Waals surface area contributed by atoms with Crippen molar-refractivity contribution in [2.75, 3.05) is 47.1 Å². The van der Waals surface area contributed by atoms with Crippen LogP contribution in [0.15, 0.2) is 30.3 Å². The van der Waals surface area contributed by atoms with Crippen LogP contribution in [0.3, 0.4) is 0 Å². The van der Waals surface area contributed by atoms with Crippen LogP contribution in [0.1, 0.15) is 27.7 Å². The molecule has 0 radical (unpaired) electrons. The molecule has 2 aliphatic heterocycles. The third-order valence-electron chi connectivity index (χ3n) is 5.59. The van der Waals surface area contributed by atoms with Crippen molar-refractivity contribution in [3.05, 3.63) is 57.1 Å². The first-order valence-corrected chi connectivity index (χ1v) is 10.6. The zero-order valence-electron chi connectivity index (χ0n) is 17.0. The Hall–Kier alpha value is -1.99. The number of carbonyl (C=O) groups is 1. The minimum Gasteiger partial charge on any atom is -0.497 e. The van der Waals surface area contributed by atoms with Crippen molar-refractivity contribution in [1.29, 1.82) is 0 Å². The summed E-state index contributed by atoms with van der Waals surface area (Å²) in [5.74, 6) is 1.34. The summed E-state index contributed by atoms with van der Waals surface area (Å²) in [6, 6.07) is 8.85. The Kier molecular flexibility index (Phi) is 6.39. The molecule has 2 heterocycles. The van der Waals surface area contributed by atoms with Crippen LogP contribution in [0.4, 0.5) is 0 Å². The molecule has 8 heteroatoms. The fraction of sp³-hybridized carbons (Fsp3) is 0.409. The molecule has 1 unspecified atom stereocenters. The van der Waals surface area contributed by atoms with Gasteiger partial charge < -0.3 is 19.1 Å². The third-order valence-corrected chi connectivity index (χ3v) is 6.03. The molecular weight excluding hydrogens is 427 g/mol. The predicted molar refractivity (Wildman–Crippen MR) is 116 cm³/mol. The smallest absolute Gasteiger partial charge is 0.255 e. The first kappa shape index (κ1) is 21.2. The molecule has 6 nitrogen and oxygen atoms in total. The fourth-order valence-corrected chi connectivity index (χ4v) is 4.75. The topological polar surface area (TPSA) is 51.2 Å². The number of hydrogen-bond donors (Lipinski definition) is 0. The monoisotopic (exact) mass is 450 g/mol. The molecule has 2 aliphatic rings. The van der Waals surface area contributed by atoms with Gasteiger partial charge in [0, 0.05) is 46.9 Å². The number of amides is 1. The highest BCUT2D eigenvalue weighted by molar-refractivity contribution is 6.35. The zero-order chi connectivity index (χ0) is 21.3. The molecular formula is C22H24Cl2N2O4. The Morgan fingerprint density at radius 2 is 1.70 bits per heavy atom. The lowest BCUT2D eigenvalue weighted by Gasteiger charge is -2.45. The maximum Gasteiger partial charge on any atom is 0.255 e. The number of rotatable bonds is 4. The Morgan fingerprint density at radius 1 is 1.00 bits per heavy atom. The van der Waals surface area contributed by atoms with Gasteiger partial charge in [0.05, 0.1) is 27.4 Å². The van der Waals surface area contributed by atoms with Crippen molar-refractivity contribution in [2.24, 2.45) is 0 Å². The summed E-state index contributed by atoms with van der Waals surface area (Å²) in [6.07, 6.45) is 0.424. The van der Waals surface area contributed by atoms with Gasteiger partial charge in [0.25, 0.3) is 5.91 Å². The Bertz CT molecular complexity index is 909. The Morgan fingerprint density at radius 3 is 2.33 bits per heavy atom. The second kappa shape index (κ2) is 9.02. The second-order valence-electron chi connectivity index (χ2n) is 7.33. The molecule has 0 aliphatic carbocycles. The third kappa shape index (κ3) is 4.10. The largest absolute Gasteiger partial charge is 0.497 e. The van der Waals surface area contributed by atoms with Crippen LogP contribution < -0.4 is 9.47 Å². The van der Waals surface area contributed by atoms with Crippen molar-refractivity contribution in [3.8, 4) is 11.5 Å². The average molecular weight is 451 g/mol. The van der Waals surface area contributed by atoms with Gasteiger partial charge in [0.2, 0.25) is 0 Å². The lowest BCUT2D eigenvalue weighted by Crippen LogP contribution is -2.51.